The van der Waals surface area contributed by atoms with Gasteiger partial charge in [0, 0.05) is 43.5 Å². The van der Waals surface area contributed by atoms with Crippen LogP contribution in [0, 0.1) is 17.8 Å². The van der Waals surface area contributed by atoms with Gasteiger partial charge in [-0.1, -0.05) is 23.5 Å². The molecule has 0 atom stereocenters. The summed E-state index contributed by atoms with van der Waals surface area (Å²) in [6, 6.07) is 11.3. The van der Waals surface area contributed by atoms with E-state index >= 15 is 0 Å². The molecule has 0 aliphatic carbocycles. The summed E-state index contributed by atoms with van der Waals surface area (Å²) in [5.74, 6) is -0.381. The van der Waals surface area contributed by atoms with Gasteiger partial charge in [0.25, 0.3) is 17.4 Å². The van der Waals surface area contributed by atoms with Gasteiger partial charge in [0.15, 0.2) is 3.95 Å². The van der Waals surface area contributed by atoms with Crippen molar-refractivity contribution < 1.29 is 9.59 Å². The molecule has 3 heterocycles. The third-order valence-corrected chi connectivity index (χ3v) is 8.26. The lowest BCUT2D eigenvalue weighted by Crippen LogP contribution is -2.49. The number of hydrogen-bond acceptors (Lipinski definition) is 6. The van der Waals surface area contributed by atoms with E-state index in [0.717, 1.165) is 24.4 Å². The molecule has 0 bridgehead atoms. The van der Waals surface area contributed by atoms with E-state index in [-0.39, 0.29) is 23.4 Å². The Kier molecular flexibility index (Phi) is 6.63. The predicted octanol–water partition coefficient (Wildman–Crippen LogP) is 4.29. The number of fused-ring (bicyclic) bond motifs is 3. The normalized spacial score (nSPS) is 14.1. The van der Waals surface area contributed by atoms with Crippen molar-refractivity contribution in [2.45, 2.75) is 33.7 Å². The molecule has 37 heavy (non-hydrogen) atoms. The fourth-order valence-electron chi connectivity index (χ4n) is 4.81. The van der Waals surface area contributed by atoms with Crippen LogP contribution >= 0.6 is 23.6 Å². The number of benzene rings is 2. The van der Waals surface area contributed by atoms with Gasteiger partial charge in [0.1, 0.15) is 10.5 Å². The first-order chi connectivity index (χ1) is 17.7. The molecular weight excluding hydrogens is 506 g/mol. The first-order valence-electron chi connectivity index (χ1n) is 12.3. The number of nitrogens with zero attached hydrogens (tertiary/aromatic N) is 3. The molecular formula is C27H29N5O3S2. The van der Waals surface area contributed by atoms with Gasteiger partial charge in [-0.3, -0.25) is 18.8 Å². The Balaban J connectivity index is 1.46. The highest BCUT2D eigenvalue weighted by Gasteiger charge is 2.25. The van der Waals surface area contributed by atoms with Gasteiger partial charge >= 0.3 is 0 Å². The lowest BCUT2D eigenvalue weighted by Gasteiger charge is -2.37. The van der Waals surface area contributed by atoms with Crippen LogP contribution in [-0.2, 0) is 0 Å². The number of aryl methyl sites for hydroxylation is 1. The zero-order valence-electron chi connectivity index (χ0n) is 21.3. The van der Waals surface area contributed by atoms with Gasteiger partial charge in [-0.05, 0) is 75.3 Å². The van der Waals surface area contributed by atoms with Crippen molar-refractivity contribution in [2.75, 3.05) is 31.1 Å². The van der Waals surface area contributed by atoms with Crippen LogP contribution in [0.2, 0.25) is 0 Å². The van der Waals surface area contributed by atoms with Crippen molar-refractivity contribution in [1.82, 2.24) is 19.6 Å². The number of rotatable bonds is 4. The first kappa shape index (κ1) is 25.2. The minimum atomic E-state index is -0.331. The van der Waals surface area contributed by atoms with Crippen molar-refractivity contribution in [3.8, 4) is 0 Å². The number of nitrogens with one attached hydrogen (secondary N) is 2. The van der Waals surface area contributed by atoms with Gasteiger partial charge in [-0.25, -0.2) is 0 Å². The van der Waals surface area contributed by atoms with Crippen LogP contribution in [0.3, 0.4) is 0 Å². The number of carbonyl (C=O) groups excluding carboxylic acids is 2. The number of aromatic amines is 1. The van der Waals surface area contributed by atoms with Gasteiger partial charge in [0.2, 0.25) is 0 Å². The topological polar surface area (TPSA) is 89.9 Å². The van der Waals surface area contributed by atoms with Gasteiger partial charge in [0.05, 0.1) is 10.9 Å². The Morgan fingerprint density at radius 2 is 1.81 bits per heavy atom. The number of piperazine rings is 1. The van der Waals surface area contributed by atoms with Gasteiger partial charge in [-0.15, -0.1) is 0 Å². The minimum absolute atomic E-state index is 0.0603. The van der Waals surface area contributed by atoms with Crippen molar-refractivity contribution in [3.05, 3.63) is 72.3 Å². The Morgan fingerprint density at radius 3 is 2.51 bits per heavy atom. The quantitative estimate of drug-likeness (QED) is 0.381. The lowest BCUT2D eigenvalue weighted by molar-refractivity contribution is 0.0746. The Labute approximate surface area is 223 Å². The molecule has 0 unspecified atom stereocenters. The zero-order valence-corrected chi connectivity index (χ0v) is 22.9. The van der Waals surface area contributed by atoms with E-state index in [2.05, 4.69) is 47.2 Å². The summed E-state index contributed by atoms with van der Waals surface area (Å²) in [7, 11) is 0. The summed E-state index contributed by atoms with van der Waals surface area (Å²) in [4.78, 5) is 46.4. The maximum absolute atomic E-state index is 13.5. The summed E-state index contributed by atoms with van der Waals surface area (Å²) in [6.07, 6.45) is 0. The summed E-state index contributed by atoms with van der Waals surface area (Å²) in [6.45, 7) is 10.7. The zero-order chi connectivity index (χ0) is 26.4. The average molecular weight is 536 g/mol. The molecule has 0 radical (unpaired) electrons. The van der Waals surface area contributed by atoms with E-state index in [1.165, 1.54) is 16.8 Å². The van der Waals surface area contributed by atoms with Crippen LogP contribution in [0.4, 0.5) is 5.69 Å². The molecule has 2 aromatic carbocycles. The molecule has 0 saturated carbocycles. The second-order valence-electron chi connectivity index (χ2n) is 9.69. The van der Waals surface area contributed by atoms with E-state index in [0.29, 0.717) is 44.0 Å². The third-order valence-electron chi connectivity index (χ3n) is 6.88. The fraction of sp³-hybridized carbons (Fsp3) is 0.333. The molecule has 1 fully saturated rings. The second-order valence-corrected chi connectivity index (χ2v) is 11.3. The SMILES string of the molecule is Cc1cccc(N2CCN(C(=O)c3ccc4c(=O)[nH]c5c(C(=O)NC(C)C)sc(=S)n5c4c3)CC2)c1C. The number of anilines is 1. The molecule has 5 rings (SSSR count). The Morgan fingerprint density at radius 1 is 1.08 bits per heavy atom. The molecule has 1 aliphatic rings. The Hall–Kier alpha value is -3.50. The monoisotopic (exact) mass is 535 g/mol. The number of H-pyrrole nitrogens is 1. The number of aromatic nitrogens is 2. The summed E-state index contributed by atoms with van der Waals surface area (Å²) < 4.78 is 2.11. The highest BCUT2D eigenvalue weighted by atomic mass is 32.1. The summed E-state index contributed by atoms with van der Waals surface area (Å²) in [5.41, 5.74) is 4.75. The van der Waals surface area contributed by atoms with Crippen molar-refractivity contribution in [3.63, 3.8) is 0 Å². The van der Waals surface area contributed by atoms with Gasteiger partial charge in [-0.2, -0.15) is 0 Å². The largest absolute Gasteiger partial charge is 0.368 e. The van der Waals surface area contributed by atoms with Crippen molar-refractivity contribution in [1.29, 1.82) is 0 Å². The molecule has 8 nitrogen and oxygen atoms in total. The smallest absolute Gasteiger partial charge is 0.265 e. The first-order valence-corrected chi connectivity index (χ1v) is 13.5. The maximum Gasteiger partial charge on any atom is 0.265 e. The third kappa shape index (κ3) is 4.55. The molecule has 2 N–H and O–H groups in total. The lowest BCUT2D eigenvalue weighted by atomic mass is 10.1. The van der Waals surface area contributed by atoms with Crippen molar-refractivity contribution in [2.24, 2.45) is 0 Å². The Bertz CT molecular complexity index is 1660. The molecule has 4 aromatic rings. The molecule has 1 saturated heterocycles. The minimum Gasteiger partial charge on any atom is -0.368 e. The van der Waals surface area contributed by atoms with Gasteiger partial charge < -0.3 is 20.1 Å². The van der Waals surface area contributed by atoms with Crippen LogP contribution in [0.5, 0.6) is 0 Å². The molecule has 10 heteroatoms. The number of thiazole rings is 1. The van der Waals surface area contributed by atoms with Crippen LogP contribution < -0.4 is 15.8 Å². The van der Waals surface area contributed by atoms with E-state index in [4.69, 9.17) is 12.2 Å². The molecule has 0 spiro atoms. The second kappa shape index (κ2) is 9.75. The summed E-state index contributed by atoms with van der Waals surface area (Å²) in [5, 5.41) is 3.26. The highest BCUT2D eigenvalue weighted by molar-refractivity contribution is 7.73. The van der Waals surface area contributed by atoms with E-state index in [1.807, 2.05) is 18.7 Å². The van der Waals surface area contributed by atoms with Crippen LogP contribution in [-0.4, -0.2) is 58.3 Å². The highest BCUT2D eigenvalue weighted by Crippen LogP contribution is 2.26. The van der Waals surface area contributed by atoms with Crippen molar-refractivity contribution >= 4 is 57.6 Å². The molecule has 2 amide bonds. The van der Waals surface area contributed by atoms with E-state index in [1.54, 1.807) is 22.6 Å². The van der Waals surface area contributed by atoms with E-state index in [9.17, 15) is 14.4 Å². The standard InChI is InChI=1S/C27H29N5O3S2/c1-15(2)28-25(34)22-23-29-24(33)19-9-8-18(14-21(19)32(23)27(36)37-22)26(35)31-12-10-30(11-13-31)20-7-5-6-16(3)17(20)4/h5-9,14-15H,10-13H2,1-4H3,(H,28,34)(H,29,33). The van der Waals surface area contributed by atoms with Crippen LogP contribution in [0.25, 0.3) is 16.6 Å². The number of carbonyl (C=O) groups is 2. The number of hydrogen-bond donors (Lipinski definition) is 2. The van der Waals surface area contributed by atoms with Crippen LogP contribution in [0.1, 0.15) is 45.0 Å². The molecule has 2 aromatic heterocycles. The molecule has 1 aliphatic heterocycles. The summed E-state index contributed by atoms with van der Waals surface area (Å²) >= 11 is 6.71. The predicted molar refractivity (Wildman–Crippen MR) is 151 cm³/mol. The number of amides is 2. The average Bonchev–Trinajstić information content (AvgIpc) is 3.21. The fourth-order valence-corrected chi connectivity index (χ4v) is 6.10. The molecule has 192 valence electrons. The maximum atomic E-state index is 13.5. The van der Waals surface area contributed by atoms with E-state index < -0.39 is 0 Å². The van der Waals surface area contributed by atoms with Crippen LogP contribution in [0.15, 0.2) is 41.2 Å².